The molecule has 0 radical (unpaired) electrons. The molecule has 1 aliphatic rings. The van der Waals surface area contributed by atoms with E-state index in [-0.39, 0.29) is 16.7 Å². The van der Waals surface area contributed by atoms with E-state index in [1.807, 2.05) is 58.2 Å². The summed E-state index contributed by atoms with van der Waals surface area (Å²) < 4.78 is 5.65. The molecule has 0 saturated heterocycles. The molecule has 1 atom stereocenters. The summed E-state index contributed by atoms with van der Waals surface area (Å²) >= 11 is 1.46. The Morgan fingerprint density at radius 2 is 1.78 bits per heavy atom. The predicted molar refractivity (Wildman–Crippen MR) is 129 cm³/mol. The molecule has 4 rings (SSSR count). The minimum absolute atomic E-state index is 0.197. The van der Waals surface area contributed by atoms with Crippen LogP contribution in [0.4, 0.5) is 5.69 Å². The lowest BCUT2D eigenvalue weighted by molar-refractivity contribution is -0.115. The molecule has 0 aliphatic heterocycles. The van der Waals surface area contributed by atoms with Gasteiger partial charge in [-0.25, -0.2) is 9.67 Å². The maximum absolute atomic E-state index is 13.1. The third kappa shape index (κ3) is 4.03. The van der Waals surface area contributed by atoms with E-state index in [0.29, 0.717) is 17.4 Å². The quantitative estimate of drug-likeness (QED) is 0.557. The number of hydrogen-bond acceptors (Lipinski definition) is 4. The lowest BCUT2D eigenvalue weighted by Gasteiger charge is -2.18. The standard InChI is InChI=1S/C24H31N5O2S/c1-15-16(2)28(19-11-9-10-12-19)24(25-15)32-18(4)22(30)26-21-17(3)27(5)29(23(21)31)20-13-7-6-8-14-20/h6-8,13-14,18-19H,9-12H2,1-5H3,(H,26,30)/t18-/m0/s1. The number of aryl methyl sites for hydroxylation is 1. The third-order valence-electron chi connectivity index (χ3n) is 6.50. The van der Waals surface area contributed by atoms with Crippen molar-refractivity contribution in [1.29, 1.82) is 0 Å². The second kappa shape index (κ2) is 9.02. The summed E-state index contributed by atoms with van der Waals surface area (Å²) in [6, 6.07) is 9.89. The molecule has 32 heavy (non-hydrogen) atoms. The number of imidazole rings is 1. The van der Waals surface area contributed by atoms with Crippen molar-refractivity contribution in [2.75, 3.05) is 5.32 Å². The van der Waals surface area contributed by atoms with Crippen molar-refractivity contribution >= 4 is 23.4 Å². The topological polar surface area (TPSA) is 73.8 Å². The van der Waals surface area contributed by atoms with E-state index >= 15 is 0 Å². The van der Waals surface area contributed by atoms with Crippen LogP contribution in [0.3, 0.4) is 0 Å². The molecule has 0 bridgehead atoms. The van der Waals surface area contributed by atoms with Crippen LogP contribution >= 0.6 is 11.8 Å². The number of benzene rings is 1. The van der Waals surface area contributed by atoms with Gasteiger partial charge in [0, 0.05) is 18.8 Å². The van der Waals surface area contributed by atoms with Gasteiger partial charge in [0.25, 0.3) is 5.56 Å². The van der Waals surface area contributed by atoms with Gasteiger partial charge in [-0.15, -0.1) is 0 Å². The van der Waals surface area contributed by atoms with E-state index in [9.17, 15) is 9.59 Å². The second-order valence-corrected chi connectivity index (χ2v) is 9.87. The highest BCUT2D eigenvalue weighted by Gasteiger charge is 2.27. The van der Waals surface area contributed by atoms with Crippen LogP contribution in [-0.2, 0) is 11.8 Å². The lowest BCUT2D eigenvalue weighted by Crippen LogP contribution is -2.27. The molecule has 0 spiro atoms. The number of aromatic nitrogens is 4. The van der Waals surface area contributed by atoms with E-state index in [1.54, 1.807) is 9.36 Å². The Hall–Kier alpha value is -2.74. The maximum atomic E-state index is 13.1. The first-order valence-electron chi connectivity index (χ1n) is 11.2. The summed E-state index contributed by atoms with van der Waals surface area (Å²) in [5.41, 5.74) is 3.74. The zero-order valence-electron chi connectivity index (χ0n) is 19.4. The van der Waals surface area contributed by atoms with Gasteiger partial charge in [-0.3, -0.25) is 14.3 Å². The van der Waals surface area contributed by atoms with Crippen molar-refractivity contribution in [1.82, 2.24) is 18.9 Å². The zero-order chi connectivity index (χ0) is 23.0. The van der Waals surface area contributed by atoms with Crippen molar-refractivity contribution in [3.63, 3.8) is 0 Å². The molecule has 2 aromatic heterocycles. The van der Waals surface area contributed by atoms with Crippen molar-refractivity contribution in [3.05, 3.63) is 57.8 Å². The Labute approximate surface area is 192 Å². The van der Waals surface area contributed by atoms with Crippen LogP contribution < -0.4 is 10.9 Å². The van der Waals surface area contributed by atoms with Gasteiger partial charge in [-0.1, -0.05) is 42.8 Å². The number of anilines is 1. The number of amides is 1. The van der Waals surface area contributed by atoms with Crippen molar-refractivity contribution in [2.45, 2.75) is 69.8 Å². The van der Waals surface area contributed by atoms with Crippen molar-refractivity contribution in [3.8, 4) is 5.69 Å². The molecule has 1 saturated carbocycles. The molecule has 1 aliphatic carbocycles. The molecule has 7 nitrogen and oxygen atoms in total. The Balaban J connectivity index is 1.56. The summed E-state index contributed by atoms with van der Waals surface area (Å²) in [6.45, 7) is 7.84. The van der Waals surface area contributed by atoms with Crippen LogP contribution in [0.15, 0.2) is 40.3 Å². The Bertz CT molecular complexity index is 1190. The number of rotatable bonds is 6. The largest absolute Gasteiger partial charge is 0.320 e. The van der Waals surface area contributed by atoms with Crippen LogP contribution in [-0.4, -0.2) is 30.1 Å². The number of carbonyl (C=O) groups is 1. The van der Waals surface area contributed by atoms with Gasteiger partial charge in [0.15, 0.2) is 5.16 Å². The normalized spacial score (nSPS) is 15.3. The van der Waals surface area contributed by atoms with Crippen LogP contribution in [0, 0.1) is 20.8 Å². The summed E-state index contributed by atoms with van der Waals surface area (Å²) in [7, 11) is 1.82. The molecule has 3 aromatic rings. The monoisotopic (exact) mass is 453 g/mol. The molecular formula is C24H31N5O2S. The summed E-state index contributed by atoms with van der Waals surface area (Å²) in [4.78, 5) is 30.9. The minimum Gasteiger partial charge on any atom is -0.320 e. The van der Waals surface area contributed by atoms with Gasteiger partial charge < -0.3 is 9.88 Å². The highest BCUT2D eigenvalue weighted by Crippen LogP contribution is 2.36. The number of carbonyl (C=O) groups excluding carboxylic acids is 1. The Morgan fingerprint density at radius 3 is 2.44 bits per heavy atom. The minimum atomic E-state index is -0.388. The first kappa shape index (κ1) is 22.5. The molecule has 1 aromatic carbocycles. The number of nitrogens with zero attached hydrogens (tertiary/aromatic N) is 4. The lowest BCUT2D eigenvalue weighted by atomic mass is 10.2. The molecule has 2 heterocycles. The molecule has 1 N–H and O–H groups in total. The zero-order valence-corrected chi connectivity index (χ0v) is 20.2. The summed E-state index contributed by atoms with van der Waals surface area (Å²) in [5.74, 6) is -0.197. The average Bonchev–Trinajstić information content (AvgIpc) is 3.44. The highest BCUT2D eigenvalue weighted by atomic mass is 32.2. The molecule has 0 unspecified atom stereocenters. The molecule has 1 amide bonds. The van der Waals surface area contributed by atoms with E-state index < -0.39 is 0 Å². The van der Waals surface area contributed by atoms with E-state index in [0.717, 1.165) is 29.4 Å². The van der Waals surface area contributed by atoms with Crippen LogP contribution in [0.1, 0.15) is 55.7 Å². The summed E-state index contributed by atoms with van der Waals surface area (Å²) in [5, 5.41) is 3.39. The van der Waals surface area contributed by atoms with Crippen molar-refractivity contribution in [2.24, 2.45) is 7.05 Å². The number of thioether (sulfide) groups is 1. The van der Waals surface area contributed by atoms with Gasteiger partial charge in [0.05, 0.1) is 22.3 Å². The fourth-order valence-corrected chi connectivity index (χ4v) is 5.49. The van der Waals surface area contributed by atoms with Gasteiger partial charge >= 0.3 is 0 Å². The second-order valence-electron chi connectivity index (χ2n) is 8.56. The Morgan fingerprint density at radius 1 is 1.12 bits per heavy atom. The van der Waals surface area contributed by atoms with Gasteiger partial charge in [0.2, 0.25) is 5.91 Å². The van der Waals surface area contributed by atoms with Crippen LogP contribution in [0.2, 0.25) is 0 Å². The van der Waals surface area contributed by atoms with Gasteiger partial charge in [0.1, 0.15) is 5.69 Å². The maximum Gasteiger partial charge on any atom is 0.295 e. The number of para-hydroxylation sites is 1. The fourth-order valence-electron chi connectivity index (χ4n) is 4.42. The third-order valence-corrected chi connectivity index (χ3v) is 7.56. The number of nitrogens with one attached hydrogen (secondary N) is 1. The molecule has 170 valence electrons. The van der Waals surface area contributed by atoms with E-state index in [2.05, 4.69) is 16.8 Å². The predicted octanol–water partition coefficient (Wildman–Crippen LogP) is 4.53. The fraction of sp³-hybridized carbons (Fsp3) is 0.458. The Kier molecular flexibility index (Phi) is 6.33. The van der Waals surface area contributed by atoms with Gasteiger partial charge in [-0.05, 0) is 52.7 Å². The van der Waals surface area contributed by atoms with E-state index in [1.165, 1.54) is 30.3 Å². The van der Waals surface area contributed by atoms with E-state index in [4.69, 9.17) is 4.98 Å². The first-order valence-corrected chi connectivity index (χ1v) is 12.0. The van der Waals surface area contributed by atoms with Crippen LogP contribution in [0.5, 0.6) is 0 Å². The van der Waals surface area contributed by atoms with Crippen molar-refractivity contribution < 1.29 is 4.79 Å². The number of hydrogen-bond donors (Lipinski definition) is 1. The molecule has 8 heteroatoms. The van der Waals surface area contributed by atoms with Gasteiger partial charge in [-0.2, -0.15) is 0 Å². The highest BCUT2D eigenvalue weighted by molar-refractivity contribution is 8.00. The SMILES string of the molecule is Cc1nc(S[C@@H](C)C(=O)Nc2c(C)n(C)n(-c3ccccc3)c2=O)n(C2CCCC2)c1C. The average molecular weight is 454 g/mol. The molecular weight excluding hydrogens is 422 g/mol. The first-order chi connectivity index (χ1) is 15.3. The molecule has 1 fully saturated rings. The smallest absolute Gasteiger partial charge is 0.295 e. The van der Waals surface area contributed by atoms with Crippen LogP contribution in [0.25, 0.3) is 5.69 Å². The summed E-state index contributed by atoms with van der Waals surface area (Å²) in [6.07, 6.45) is 4.80.